The van der Waals surface area contributed by atoms with Gasteiger partial charge in [-0.1, -0.05) is 12.1 Å². The summed E-state index contributed by atoms with van der Waals surface area (Å²) in [6.45, 7) is 0.420. The van der Waals surface area contributed by atoms with Crippen LogP contribution >= 0.6 is 0 Å². The zero-order chi connectivity index (χ0) is 11.9. The molecule has 0 atom stereocenters. The molecule has 4 heteroatoms. The molecule has 17 heavy (non-hydrogen) atoms. The molecule has 1 aromatic heterocycles. The lowest BCUT2D eigenvalue weighted by atomic mass is 10.2. The summed E-state index contributed by atoms with van der Waals surface area (Å²) in [6.07, 6.45) is 10.6. The van der Waals surface area contributed by atoms with E-state index in [9.17, 15) is 4.79 Å². The van der Waals surface area contributed by atoms with E-state index in [0.717, 1.165) is 18.4 Å². The van der Waals surface area contributed by atoms with Gasteiger partial charge in [-0.2, -0.15) is 0 Å². The lowest BCUT2D eigenvalue weighted by molar-refractivity contribution is 0.178. The molecule has 0 saturated heterocycles. The number of hydrogen-bond donors (Lipinski definition) is 1. The fourth-order valence-corrected chi connectivity index (χ4v) is 1.49. The Bertz CT molecular complexity index is 438. The second-order valence-corrected chi connectivity index (χ2v) is 3.69. The number of alkyl carbamates (subject to hydrolysis) is 1. The minimum absolute atomic E-state index is 0.420. The monoisotopic (exact) mass is 230 g/mol. The largest absolute Gasteiger partial charge is 0.412 e. The van der Waals surface area contributed by atoms with Crippen LogP contribution in [-0.2, 0) is 11.3 Å². The molecule has 0 saturated carbocycles. The van der Waals surface area contributed by atoms with E-state index < -0.39 is 6.09 Å². The third-order valence-electron chi connectivity index (χ3n) is 2.33. The van der Waals surface area contributed by atoms with Gasteiger partial charge in [0, 0.05) is 18.9 Å². The minimum atomic E-state index is -0.438. The van der Waals surface area contributed by atoms with Crippen LogP contribution < -0.4 is 5.32 Å². The molecule has 1 amide bonds. The lowest BCUT2D eigenvalue weighted by Crippen LogP contribution is -2.23. The molecule has 1 aliphatic carbocycles. The van der Waals surface area contributed by atoms with Crippen molar-refractivity contribution >= 4 is 6.09 Å². The molecule has 88 valence electrons. The molecule has 0 fully saturated rings. The molecular weight excluding hydrogens is 216 g/mol. The van der Waals surface area contributed by atoms with E-state index in [1.807, 2.05) is 30.4 Å². The predicted molar refractivity (Wildman–Crippen MR) is 64.0 cm³/mol. The average Bonchev–Trinajstić information content (AvgIpc) is 2.39. The zero-order valence-corrected chi connectivity index (χ0v) is 9.43. The second-order valence-electron chi connectivity index (χ2n) is 3.69. The summed E-state index contributed by atoms with van der Waals surface area (Å²) in [5.41, 5.74) is 0.942. The number of rotatable bonds is 3. The smallest absolute Gasteiger partial charge is 0.411 e. The van der Waals surface area contributed by atoms with Gasteiger partial charge < -0.3 is 10.1 Å². The number of pyridine rings is 1. The number of aromatic nitrogens is 1. The summed E-state index contributed by atoms with van der Waals surface area (Å²) in [4.78, 5) is 15.4. The number of amides is 1. The van der Waals surface area contributed by atoms with E-state index in [1.54, 1.807) is 12.4 Å². The van der Waals surface area contributed by atoms with Gasteiger partial charge >= 0.3 is 6.09 Å². The van der Waals surface area contributed by atoms with Gasteiger partial charge in [0.25, 0.3) is 0 Å². The van der Waals surface area contributed by atoms with Gasteiger partial charge in [-0.15, -0.1) is 0 Å². The molecule has 0 aliphatic heterocycles. The van der Waals surface area contributed by atoms with Gasteiger partial charge in [0.1, 0.15) is 5.76 Å². The first-order valence-electron chi connectivity index (χ1n) is 5.56. The molecule has 0 unspecified atom stereocenters. The molecular formula is C13H14N2O2. The third-order valence-corrected chi connectivity index (χ3v) is 2.33. The van der Waals surface area contributed by atoms with Crippen molar-refractivity contribution in [3.63, 3.8) is 0 Å². The molecule has 0 spiro atoms. The third kappa shape index (κ3) is 3.75. The number of allylic oxidation sites excluding steroid dienone is 3. The van der Waals surface area contributed by atoms with Gasteiger partial charge in [0.2, 0.25) is 0 Å². The fraction of sp³-hybridized carbons (Fsp3) is 0.231. The van der Waals surface area contributed by atoms with Crippen LogP contribution in [0.5, 0.6) is 0 Å². The predicted octanol–water partition coefficient (Wildman–Crippen LogP) is 2.54. The number of carbonyl (C=O) groups excluding carboxylic acids is 1. The van der Waals surface area contributed by atoms with Crippen molar-refractivity contribution in [2.75, 3.05) is 0 Å². The molecule has 0 bridgehead atoms. The highest BCUT2D eigenvalue weighted by Gasteiger charge is 2.05. The highest BCUT2D eigenvalue weighted by molar-refractivity contribution is 5.68. The number of nitrogens with one attached hydrogen (secondary N) is 1. The van der Waals surface area contributed by atoms with Gasteiger partial charge in [-0.25, -0.2) is 4.79 Å². The fourth-order valence-electron chi connectivity index (χ4n) is 1.49. The van der Waals surface area contributed by atoms with Gasteiger partial charge in [-0.05, 0) is 36.6 Å². The Morgan fingerprint density at radius 3 is 3.12 bits per heavy atom. The molecule has 1 heterocycles. The van der Waals surface area contributed by atoms with Crippen molar-refractivity contribution < 1.29 is 9.53 Å². The van der Waals surface area contributed by atoms with Gasteiger partial charge in [0.05, 0.1) is 0 Å². The molecule has 0 radical (unpaired) electrons. The van der Waals surface area contributed by atoms with Crippen LogP contribution in [0.1, 0.15) is 18.4 Å². The van der Waals surface area contributed by atoms with Crippen molar-refractivity contribution in [2.24, 2.45) is 0 Å². The van der Waals surface area contributed by atoms with Crippen LogP contribution in [0.25, 0.3) is 0 Å². The molecule has 0 aromatic carbocycles. The summed E-state index contributed by atoms with van der Waals surface area (Å²) < 4.78 is 5.12. The van der Waals surface area contributed by atoms with Crippen LogP contribution in [-0.4, -0.2) is 11.1 Å². The van der Waals surface area contributed by atoms with Gasteiger partial charge in [0.15, 0.2) is 0 Å². The first-order chi connectivity index (χ1) is 8.34. The van der Waals surface area contributed by atoms with E-state index in [-0.39, 0.29) is 0 Å². The van der Waals surface area contributed by atoms with Crippen LogP contribution in [0.3, 0.4) is 0 Å². The van der Waals surface area contributed by atoms with E-state index in [2.05, 4.69) is 10.3 Å². The minimum Gasteiger partial charge on any atom is -0.411 e. The van der Waals surface area contributed by atoms with Crippen LogP contribution in [0.15, 0.2) is 48.5 Å². The summed E-state index contributed by atoms with van der Waals surface area (Å²) >= 11 is 0. The average molecular weight is 230 g/mol. The number of ether oxygens (including phenoxy) is 1. The maximum atomic E-state index is 11.5. The first-order valence-corrected chi connectivity index (χ1v) is 5.56. The van der Waals surface area contributed by atoms with Crippen LogP contribution in [0.4, 0.5) is 4.79 Å². The molecule has 2 rings (SSSR count). The van der Waals surface area contributed by atoms with Crippen molar-refractivity contribution in [3.8, 4) is 0 Å². The van der Waals surface area contributed by atoms with Gasteiger partial charge in [-0.3, -0.25) is 4.98 Å². The quantitative estimate of drug-likeness (QED) is 0.868. The van der Waals surface area contributed by atoms with E-state index in [1.165, 1.54) is 0 Å². The molecule has 4 nitrogen and oxygen atoms in total. The van der Waals surface area contributed by atoms with Crippen LogP contribution in [0.2, 0.25) is 0 Å². The van der Waals surface area contributed by atoms with Crippen molar-refractivity contribution in [1.29, 1.82) is 0 Å². The van der Waals surface area contributed by atoms with E-state index in [4.69, 9.17) is 4.74 Å². The Kier molecular flexibility index (Phi) is 3.91. The Morgan fingerprint density at radius 1 is 1.47 bits per heavy atom. The summed E-state index contributed by atoms with van der Waals surface area (Å²) in [6, 6.07) is 3.72. The Balaban J connectivity index is 1.78. The first kappa shape index (κ1) is 11.4. The topological polar surface area (TPSA) is 51.2 Å². The Morgan fingerprint density at radius 2 is 2.41 bits per heavy atom. The van der Waals surface area contributed by atoms with E-state index in [0.29, 0.717) is 12.3 Å². The van der Waals surface area contributed by atoms with Crippen LogP contribution in [0, 0.1) is 0 Å². The molecule has 1 aromatic rings. The van der Waals surface area contributed by atoms with E-state index >= 15 is 0 Å². The SMILES string of the molecule is O=C(NCc1cccnc1)OC1=CCCC=C1. The molecule has 1 aliphatic rings. The standard InChI is InChI=1S/C13H14N2O2/c16-13(17-12-6-2-1-3-7-12)15-10-11-5-4-8-14-9-11/h2,4-9H,1,3,10H2,(H,15,16). The number of nitrogens with zero attached hydrogens (tertiary/aromatic N) is 1. The highest BCUT2D eigenvalue weighted by atomic mass is 16.6. The van der Waals surface area contributed by atoms with Crippen molar-refractivity contribution in [3.05, 3.63) is 54.1 Å². The van der Waals surface area contributed by atoms with Crippen molar-refractivity contribution in [2.45, 2.75) is 19.4 Å². The highest BCUT2D eigenvalue weighted by Crippen LogP contribution is 2.10. The second kappa shape index (κ2) is 5.84. The maximum absolute atomic E-state index is 11.5. The zero-order valence-electron chi connectivity index (χ0n) is 9.43. The number of hydrogen-bond acceptors (Lipinski definition) is 3. The Hall–Kier alpha value is -2.10. The number of carbonyl (C=O) groups is 1. The van der Waals surface area contributed by atoms with Crippen molar-refractivity contribution in [1.82, 2.24) is 10.3 Å². The molecule has 1 N–H and O–H groups in total. The summed E-state index contributed by atoms with van der Waals surface area (Å²) in [5, 5.41) is 2.67. The maximum Gasteiger partial charge on any atom is 0.412 e. The lowest BCUT2D eigenvalue weighted by Gasteiger charge is -2.09. The summed E-state index contributed by atoms with van der Waals surface area (Å²) in [5.74, 6) is 0.611. The Labute approximate surface area is 100 Å². The normalized spacial score (nSPS) is 14.0. The summed E-state index contributed by atoms with van der Waals surface area (Å²) in [7, 11) is 0.